The van der Waals surface area contributed by atoms with E-state index in [0.717, 1.165) is 18.0 Å². The van der Waals surface area contributed by atoms with Crippen LogP contribution in [0.2, 0.25) is 0 Å². The van der Waals surface area contributed by atoms with Gasteiger partial charge in [0.15, 0.2) is 0 Å². The quantitative estimate of drug-likeness (QED) is 0.666. The second kappa shape index (κ2) is 6.45. The lowest BCUT2D eigenvalue weighted by atomic mass is 10.2. The predicted octanol–water partition coefficient (Wildman–Crippen LogP) is 1.92. The van der Waals surface area contributed by atoms with Crippen molar-refractivity contribution < 1.29 is 0 Å². The molecule has 0 unspecified atom stereocenters. The Morgan fingerprint density at radius 2 is 1.94 bits per heavy atom. The molecule has 1 aromatic carbocycles. The smallest absolute Gasteiger partial charge is 0.0481 e. The molecular weight excluding hydrogens is 242 g/mol. The van der Waals surface area contributed by atoms with Gasteiger partial charge in [-0.25, -0.2) is 0 Å². The maximum atomic E-state index is 6.08. The van der Waals surface area contributed by atoms with E-state index >= 15 is 0 Å². The molecule has 0 spiro atoms. The Bertz CT molecular complexity index is 387. The van der Waals surface area contributed by atoms with Crippen LogP contribution >= 0.6 is 11.8 Å². The molecule has 1 saturated heterocycles. The first-order chi connectivity index (χ1) is 8.66. The normalized spacial score (nSPS) is 18.1. The third-order valence-corrected chi connectivity index (χ3v) is 4.60. The summed E-state index contributed by atoms with van der Waals surface area (Å²) >= 11 is 1.88. The monoisotopic (exact) mass is 265 g/mol. The summed E-state index contributed by atoms with van der Waals surface area (Å²) in [4.78, 5) is 6.16. The molecular formula is C14H23N3S. The van der Waals surface area contributed by atoms with Crippen LogP contribution in [-0.4, -0.2) is 55.3 Å². The van der Waals surface area contributed by atoms with E-state index in [2.05, 4.69) is 42.0 Å². The van der Waals surface area contributed by atoms with Gasteiger partial charge in [-0.2, -0.15) is 0 Å². The molecule has 2 rings (SSSR count). The minimum atomic E-state index is 0.945. The fourth-order valence-corrected chi connectivity index (χ4v) is 3.20. The van der Waals surface area contributed by atoms with E-state index < -0.39 is 0 Å². The maximum absolute atomic E-state index is 6.08. The van der Waals surface area contributed by atoms with Gasteiger partial charge < -0.3 is 10.6 Å². The Kier molecular flexibility index (Phi) is 4.92. The molecule has 18 heavy (non-hydrogen) atoms. The van der Waals surface area contributed by atoms with Crippen molar-refractivity contribution in [3.8, 4) is 0 Å². The van der Waals surface area contributed by atoms with Crippen LogP contribution in [0.15, 0.2) is 23.1 Å². The number of hydrogen-bond donors (Lipinski definition) is 1. The SMILES string of the molecule is Cc1cccc(SCCN2CCN(C)CC2)c1N. The minimum Gasteiger partial charge on any atom is -0.398 e. The van der Waals surface area contributed by atoms with Crippen LogP contribution in [-0.2, 0) is 0 Å². The highest BCUT2D eigenvalue weighted by atomic mass is 32.2. The molecule has 0 atom stereocenters. The average molecular weight is 265 g/mol. The van der Waals surface area contributed by atoms with Gasteiger partial charge in [0.1, 0.15) is 0 Å². The van der Waals surface area contributed by atoms with E-state index in [1.807, 2.05) is 11.8 Å². The Morgan fingerprint density at radius 3 is 2.67 bits per heavy atom. The third-order valence-electron chi connectivity index (χ3n) is 3.55. The predicted molar refractivity (Wildman–Crippen MR) is 80.3 cm³/mol. The van der Waals surface area contributed by atoms with E-state index in [1.165, 1.54) is 36.6 Å². The molecule has 1 aromatic rings. The van der Waals surface area contributed by atoms with Crippen molar-refractivity contribution in [2.24, 2.45) is 0 Å². The summed E-state index contributed by atoms with van der Waals surface area (Å²) < 4.78 is 0. The fourth-order valence-electron chi connectivity index (χ4n) is 2.14. The van der Waals surface area contributed by atoms with Gasteiger partial charge in [-0.1, -0.05) is 12.1 Å². The standard InChI is InChI=1S/C14H23N3S/c1-12-4-3-5-13(14(12)15)18-11-10-17-8-6-16(2)7-9-17/h3-5H,6-11,15H2,1-2H3. The molecule has 1 heterocycles. The Labute approximate surface area is 114 Å². The molecule has 0 amide bonds. The number of nitrogen functional groups attached to an aromatic ring is 1. The number of hydrogen-bond acceptors (Lipinski definition) is 4. The van der Waals surface area contributed by atoms with Gasteiger partial charge in [-0.15, -0.1) is 11.8 Å². The van der Waals surface area contributed by atoms with Crippen LogP contribution in [0.1, 0.15) is 5.56 Å². The largest absolute Gasteiger partial charge is 0.398 e. The highest BCUT2D eigenvalue weighted by Gasteiger charge is 2.13. The van der Waals surface area contributed by atoms with Gasteiger partial charge in [-0.05, 0) is 25.6 Å². The molecule has 0 aliphatic carbocycles. The molecule has 3 nitrogen and oxygen atoms in total. The van der Waals surface area contributed by atoms with E-state index in [-0.39, 0.29) is 0 Å². The van der Waals surface area contributed by atoms with E-state index in [0.29, 0.717) is 0 Å². The Morgan fingerprint density at radius 1 is 1.22 bits per heavy atom. The molecule has 2 N–H and O–H groups in total. The molecule has 100 valence electrons. The number of thioether (sulfide) groups is 1. The summed E-state index contributed by atoms with van der Waals surface area (Å²) in [5.41, 5.74) is 8.20. The summed E-state index contributed by atoms with van der Waals surface area (Å²) in [7, 11) is 2.19. The van der Waals surface area contributed by atoms with Gasteiger partial charge in [0.2, 0.25) is 0 Å². The first kappa shape index (κ1) is 13.7. The molecule has 0 bridgehead atoms. The molecule has 4 heteroatoms. The van der Waals surface area contributed by atoms with Gasteiger partial charge in [0.25, 0.3) is 0 Å². The van der Waals surface area contributed by atoms with E-state index in [1.54, 1.807) is 0 Å². The molecule has 1 aliphatic heterocycles. The van der Waals surface area contributed by atoms with E-state index in [9.17, 15) is 0 Å². The van der Waals surface area contributed by atoms with Crippen LogP contribution in [0.25, 0.3) is 0 Å². The zero-order valence-electron chi connectivity index (χ0n) is 11.4. The van der Waals surface area contributed by atoms with Crippen molar-refractivity contribution in [3.63, 3.8) is 0 Å². The zero-order chi connectivity index (χ0) is 13.0. The number of aryl methyl sites for hydroxylation is 1. The lowest BCUT2D eigenvalue weighted by molar-refractivity contribution is 0.161. The Balaban J connectivity index is 1.77. The number of benzene rings is 1. The number of rotatable bonds is 4. The minimum absolute atomic E-state index is 0.945. The van der Waals surface area contributed by atoms with Crippen LogP contribution < -0.4 is 5.73 Å². The van der Waals surface area contributed by atoms with Crippen molar-refractivity contribution in [2.45, 2.75) is 11.8 Å². The lowest BCUT2D eigenvalue weighted by Gasteiger charge is -2.32. The van der Waals surface area contributed by atoms with Crippen molar-refractivity contribution in [1.29, 1.82) is 0 Å². The van der Waals surface area contributed by atoms with Gasteiger partial charge >= 0.3 is 0 Å². The maximum Gasteiger partial charge on any atom is 0.0481 e. The van der Waals surface area contributed by atoms with Crippen molar-refractivity contribution >= 4 is 17.4 Å². The Hall–Kier alpha value is -0.710. The highest BCUT2D eigenvalue weighted by molar-refractivity contribution is 7.99. The first-order valence-electron chi connectivity index (χ1n) is 6.55. The lowest BCUT2D eigenvalue weighted by Crippen LogP contribution is -2.45. The second-order valence-electron chi connectivity index (χ2n) is 4.98. The zero-order valence-corrected chi connectivity index (χ0v) is 12.2. The van der Waals surface area contributed by atoms with Crippen LogP contribution in [0.3, 0.4) is 0 Å². The first-order valence-corrected chi connectivity index (χ1v) is 7.54. The number of anilines is 1. The van der Waals surface area contributed by atoms with Gasteiger partial charge in [-0.3, -0.25) is 4.90 Å². The third kappa shape index (κ3) is 3.64. The average Bonchev–Trinajstić information content (AvgIpc) is 2.37. The number of nitrogens with zero attached hydrogens (tertiary/aromatic N) is 2. The van der Waals surface area contributed by atoms with Gasteiger partial charge in [0, 0.05) is 49.1 Å². The summed E-state index contributed by atoms with van der Waals surface area (Å²) in [5, 5.41) is 0. The summed E-state index contributed by atoms with van der Waals surface area (Å²) in [6.07, 6.45) is 0. The second-order valence-corrected chi connectivity index (χ2v) is 6.12. The molecule has 0 radical (unpaired) electrons. The van der Waals surface area contributed by atoms with Crippen LogP contribution in [0.4, 0.5) is 5.69 Å². The number of likely N-dealkylation sites (N-methyl/N-ethyl adjacent to an activating group) is 1. The number of nitrogens with two attached hydrogens (primary N) is 1. The van der Waals surface area contributed by atoms with Crippen molar-refractivity contribution in [2.75, 3.05) is 51.3 Å². The molecule has 0 aromatic heterocycles. The topological polar surface area (TPSA) is 32.5 Å². The van der Waals surface area contributed by atoms with Crippen molar-refractivity contribution in [1.82, 2.24) is 9.80 Å². The summed E-state index contributed by atoms with van der Waals surface area (Å²) in [6.45, 7) is 8.00. The van der Waals surface area contributed by atoms with Crippen LogP contribution in [0, 0.1) is 6.92 Å². The highest BCUT2D eigenvalue weighted by Crippen LogP contribution is 2.27. The fraction of sp³-hybridized carbons (Fsp3) is 0.571. The van der Waals surface area contributed by atoms with Crippen LogP contribution in [0.5, 0.6) is 0 Å². The number of para-hydroxylation sites is 1. The van der Waals surface area contributed by atoms with E-state index in [4.69, 9.17) is 5.73 Å². The molecule has 1 fully saturated rings. The number of piperazine rings is 1. The summed E-state index contributed by atoms with van der Waals surface area (Å²) in [6, 6.07) is 6.28. The van der Waals surface area contributed by atoms with Crippen molar-refractivity contribution in [3.05, 3.63) is 23.8 Å². The molecule has 0 saturated carbocycles. The summed E-state index contributed by atoms with van der Waals surface area (Å²) in [5.74, 6) is 1.12. The van der Waals surface area contributed by atoms with Gasteiger partial charge in [0.05, 0.1) is 0 Å². The molecule has 1 aliphatic rings.